The van der Waals surface area contributed by atoms with Crippen LogP contribution in [0, 0.1) is 20.8 Å². The van der Waals surface area contributed by atoms with Crippen molar-refractivity contribution in [2.45, 2.75) is 20.8 Å². The lowest BCUT2D eigenvalue weighted by atomic mass is 10.0. The lowest BCUT2D eigenvalue weighted by Gasteiger charge is -2.14. The van der Waals surface area contributed by atoms with E-state index >= 15 is 0 Å². The summed E-state index contributed by atoms with van der Waals surface area (Å²) in [5, 5.41) is 4.46. The third kappa shape index (κ3) is 2.30. The number of hydrogen-bond acceptors (Lipinski definition) is 4. The fourth-order valence-electron chi connectivity index (χ4n) is 3.08. The molecule has 0 saturated carbocycles. The normalized spacial score (nSPS) is 11.3. The van der Waals surface area contributed by atoms with E-state index in [1.807, 2.05) is 12.1 Å². The van der Waals surface area contributed by atoms with Crippen molar-refractivity contribution in [1.82, 2.24) is 19.9 Å². The molecular formula is C18H17N5. The molecule has 4 aromatic rings. The number of hydrogen-bond donors (Lipinski definition) is 2. The van der Waals surface area contributed by atoms with E-state index in [4.69, 9.17) is 0 Å². The van der Waals surface area contributed by atoms with Gasteiger partial charge < -0.3 is 10.3 Å². The number of benzene rings is 2. The van der Waals surface area contributed by atoms with Crippen LogP contribution in [-0.4, -0.2) is 19.9 Å². The average molecular weight is 303 g/mol. The van der Waals surface area contributed by atoms with Gasteiger partial charge >= 0.3 is 0 Å². The van der Waals surface area contributed by atoms with Crippen molar-refractivity contribution >= 4 is 33.4 Å². The van der Waals surface area contributed by atoms with E-state index in [1.54, 1.807) is 12.7 Å². The minimum Gasteiger partial charge on any atom is -0.345 e. The first-order valence-corrected chi connectivity index (χ1v) is 7.54. The second-order valence-corrected chi connectivity index (χ2v) is 5.91. The lowest BCUT2D eigenvalue weighted by molar-refractivity contribution is 1.21. The van der Waals surface area contributed by atoms with Crippen molar-refractivity contribution in [3.63, 3.8) is 0 Å². The summed E-state index contributed by atoms with van der Waals surface area (Å²) in [6.45, 7) is 6.33. The Hall–Kier alpha value is -2.95. The molecule has 2 heterocycles. The molecule has 0 fully saturated rings. The van der Waals surface area contributed by atoms with Crippen molar-refractivity contribution in [1.29, 1.82) is 0 Å². The molecule has 0 atom stereocenters. The molecule has 0 amide bonds. The number of aromatic amines is 1. The number of aromatic nitrogens is 4. The zero-order chi connectivity index (χ0) is 16.0. The van der Waals surface area contributed by atoms with Crippen LogP contribution in [-0.2, 0) is 0 Å². The Morgan fingerprint density at radius 3 is 2.43 bits per heavy atom. The van der Waals surface area contributed by atoms with Gasteiger partial charge in [0.05, 0.1) is 22.9 Å². The maximum Gasteiger partial charge on any atom is 0.141 e. The van der Waals surface area contributed by atoms with E-state index in [1.165, 1.54) is 16.7 Å². The summed E-state index contributed by atoms with van der Waals surface area (Å²) in [5.41, 5.74) is 7.54. The molecule has 0 aliphatic rings. The molecule has 0 aliphatic carbocycles. The first kappa shape index (κ1) is 13.7. The molecular weight excluding hydrogens is 286 g/mol. The number of rotatable bonds is 2. The quantitative estimate of drug-likeness (QED) is 0.583. The van der Waals surface area contributed by atoms with Crippen molar-refractivity contribution in [3.05, 3.63) is 53.6 Å². The maximum absolute atomic E-state index is 4.44. The van der Waals surface area contributed by atoms with E-state index in [0.29, 0.717) is 0 Å². The summed E-state index contributed by atoms with van der Waals surface area (Å²) in [6, 6.07) is 8.36. The number of fused-ring (bicyclic) bond motifs is 2. The number of imidazole rings is 1. The summed E-state index contributed by atoms with van der Waals surface area (Å²) in [5.74, 6) is 0.807. The van der Waals surface area contributed by atoms with Crippen LogP contribution in [0.25, 0.3) is 21.9 Å². The van der Waals surface area contributed by atoms with Gasteiger partial charge in [0, 0.05) is 11.1 Å². The van der Waals surface area contributed by atoms with Crippen LogP contribution in [0.2, 0.25) is 0 Å². The van der Waals surface area contributed by atoms with Gasteiger partial charge in [-0.3, -0.25) is 0 Å². The average Bonchev–Trinajstić information content (AvgIpc) is 2.96. The van der Waals surface area contributed by atoms with Gasteiger partial charge in [0.1, 0.15) is 12.1 Å². The topological polar surface area (TPSA) is 66.5 Å². The SMILES string of the molecule is Cc1cc(C)c(Nc2ncnc3cc4nc[nH]c4cc23)c(C)c1. The smallest absolute Gasteiger partial charge is 0.141 e. The minimum atomic E-state index is 0.807. The van der Waals surface area contributed by atoms with Crippen molar-refractivity contribution in [2.24, 2.45) is 0 Å². The first-order chi connectivity index (χ1) is 11.1. The Labute approximate surface area is 133 Å². The second kappa shape index (κ2) is 5.05. The highest BCUT2D eigenvalue weighted by atomic mass is 15.0. The standard InChI is InChI=1S/C18H17N5/c1-10-4-11(2)17(12(3)5-10)23-18-13-6-15-16(21-8-20-15)7-14(13)19-9-22-18/h4-9H,1-3H3,(H,20,21)(H,19,22,23). The first-order valence-electron chi connectivity index (χ1n) is 7.54. The highest BCUT2D eigenvalue weighted by molar-refractivity contribution is 5.99. The monoisotopic (exact) mass is 303 g/mol. The highest BCUT2D eigenvalue weighted by Gasteiger charge is 2.10. The van der Waals surface area contributed by atoms with E-state index in [-0.39, 0.29) is 0 Å². The molecule has 0 aliphatic heterocycles. The van der Waals surface area contributed by atoms with E-state index in [9.17, 15) is 0 Å². The molecule has 0 unspecified atom stereocenters. The Morgan fingerprint density at radius 1 is 0.870 bits per heavy atom. The van der Waals surface area contributed by atoms with Crippen molar-refractivity contribution in [3.8, 4) is 0 Å². The molecule has 5 nitrogen and oxygen atoms in total. The van der Waals surface area contributed by atoms with Gasteiger partial charge in [0.15, 0.2) is 0 Å². The van der Waals surface area contributed by atoms with Crippen LogP contribution < -0.4 is 5.32 Å². The Balaban J connectivity index is 1.89. The third-order valence-corrected chi connectivity index (χ3v) is 4.10. The van der Waals surface area contributed by atoms with Gasteiger partial charge in [0.25, 0.3) is 0 Å². The summed E-state index contributed by atoms with van der Waals surface area (Å²) in [7, 11) is 0. The molecule has 114 valence electrons. The van der Waals surface area contributed by atoms with Crippen LogP contribution in [0.1, 0.15) is 16.7 Å². The molecule has 0 radical (unpaired) electrons. The van der Waals surface area contributed by atoms with Crippen molar-refractivity contribution in [2.75, 3.05) is 5.32 Å². The molecule has 2 aromatic heterocycles. The van der Waals surface area contributed by atoms with Gasteiger partial charge in [-0.15, -0.1) is 0 Å². The van der Waals surface area contributed by atoms with E-state index in [0.717, 1.165) is 33.4 Å². The van der Waals surface area contributed by atoms with Crippen molar-refractivity contribution < 1.29 is 0 Å². The van der Waals surface area contributed by atoms with Crippen LogP contribution >= 0.6 is 0 Å². The summed E-state index contributed by atoms with van der Waals surface area (Å²) < 4.78 is 0. The molecule has 5 heteroatoms. The second-order valence-electron chi connectivity index (χ2n) is 5.91. The molecule has 2 aromatic carbocycles. The number of nitrogens with zero attached hydrogens (tertiary/aromatic N) is 3. The molecule has 0 saturated heterocycles. The van der Waals surface area contributed by atoms with Gasteiger partial charge in [0.2, 0.25) is 0 Å². The fraction of sp³-hybridized carbons (Fsp3) is 0.167. The summed E-state index contributed by atoms with van der Waals surface area (Å²) >= 11 is 0. The van der Waals surface area contributed by atoms with Crippen LogP contribution in [0.4, 0.5) is 11.5 Å². The Bertz CT molecular complexity index is 1010. The number of anilines is 2. The summed E-state index contributed by atoms with van der Waals surface area (Å²) in [4.78, 5) is 16.2. The van der Waals surface area contributed by atoms with Crippen LogP contribution in [0.15, 0.2) is 36.9 Å². The zero-order valence-corrected chi connectivity index (χ0v) is 13.3. The molecule has 2 N–H and O–H groups in total. The van der Waals surface area contributed by atoms with Crippen LogP contribution in [0.5, 0.6) is 0 Å². The minimum absolute atomic E-state index is 0.807. The van der Waals surface area contributed by atoms with E-state index < -0.39 is 0 Å². The van der Waals surface area contributed by atoms with Gasteiger partial charge in [-0.2, -0.15) is 0 Å². The predicted octanol–water partition coefficient (Wildman–Crippen LogP) is 4.17. The Kier molecular flexibility index (Phi) is 3.01. The number of H-pyrrole nitrogens is 1. The predicted molar refractivity (Wildman–Crippen MR) is 93.1 cm³/mol. The number of nitrogens with one attached hydrogen (secondary N) is 2. The molecule has 0 spiro atoms. The van der Waals surface area contributed by atoms with Gasteiger partial charge in [-0.1, -0.05) is 17.7 Å². The third-order valence-electron chi connectivity index (χ3n) is 4.10. The maximum atomic E-state index is 4.44. The zero-order valence-electron chi connectivity index (χ0n) is 13.3. The molecule has 0 bridgehead atoms. The van der Waals surface area contributed by atoms with Gasteiger partial charge in [-0.05, 0) is 44.0 Å². The number of aryl methyl sites for hydroxylation is 3. The largest absolute Gasteiger partial charge is 0.345 e. The fourth-order valence-corrected chi connectivity index (χ4v) is 3.08. The Morgan fingerprint density at radius 2 is 1.65 bits per heavy atom. The lowest BCUT2D eigenvalue weighted by Crippen LogP contribution is -2.00. The molecule has 4 rings (SSSR count). The highest BCUT2D eigenvalue weighted by Crippen LogP contribution is 2.29. The summed E-state index contributed by atoms with van der Waals surface area (Å²) in [6.07, 6.45) is 3.28. The van der Waals surface area contributed by atoms with Crippen LogP contribution in [0.3, 0.4) is 0 Å². The van der Waals surface area contributed by atoms with Gasteiger partial charge in [-0.25, -0.2) is 15.0 Å². The molecule has 23 heavy (non-hydrogen) atoms. The van der Waals surface area contributed by atoms with E-state index in [2.05, 4.69) is 58.2 Å².